The van der Waals surface area contributed by atoms with E-state index in [1.54, 1.807) is 4.90 Å². The lowest BCUT2D eigenvalue weighted by Crippen LogP contribution is -2.55. The van der Waals surface area contributed by atoms with Crippen molar-refractivity contribution in [2.24, 2.45) is 22.7 Å². The van der Waals surface area contributed by atoms with Crippen LogP contribution >= 0.6 is 0 Å². The third kappa shape index (κ3) is 5.18. The Bertz CT molecular complexity index is 828. The Hall–Kier alpha value is -1.92. The van der Waals surface area contributed by atoms with Crippen LogP contribution in [-0.4, -0.2) is 53.1 Å². The monoisotopic (exact) mass is 473 g/mol. The van der Waals surface area contributed by atoms with Gasteiger partial charge in [0.15, 0.2) is 0 Å². The molecule has 3 aliphatic carbocycles. The molecule has 1 saturated heterocycles. The molecule has 0 aromatic carbocycles. The minimum absolute atomic E-state index is 0.0131. The number of fused-ring (bicyclic) bond motifs is 1. The van der Waals surface area contributed by atoms with Crippen LogP contribution in [0.3, 0.4) is 0 Å². The zero-order valence-electron chi connectivity index (χ0n) is 21.5. The first-order valence-corrected chi connectivity index (χ1v) is 13.5. The highest BCUT2D eigenvalue weighted by Crippen LogP contribution is 2.65. The molecule has 3 amide bonds. The number of Topliss-reactive ketones (excluding diaryl/α,β-unsaturated/α-hetero) is 1. The van der Waals surface area contributed by atoms with Gasteiger partial charge in [-0.25, -0.2) is 0 Å². The molecule has 190 valence electrons. The number of ketones is 1. The van der Waals surface area contributed by atoms with E-state index >= 15 is 0 Å². The Kier molecular flexibility index (Phi) is 7.12. The van der Waals surface area contributed by atoms with E-state index in [9.17, 15) is 19.2 Å². The first kappa shape index (κ1) is 25.2. The van der Waals surface area contributed by atoms with Gasteiger partial charge in [-0.15, -0.1) is 0 Å². The molecule has 4 unspecified atom stereocenters. The summed E-state index contributed by atoms with van der Waals surface area (Å²) in [4.78, 5) is 54.2. The summed E-state index contributed by atoms with van der Waals surface area (Å²) in [6.07, 6.45) is 10.0. The maximum absolute atomic E-state index is 13.6. The molecule has 4 aliphatic rings. The highest BCUT2D eigenvalue weighted by Gasteiger charge is 2.69. The summed E-state index contributed by atoms with van der Waals surface area (Å²) < 4.78 is 0. The van der Waals surface area contributed by atoms with Gasteiger partial charge in [0, 0.05) is 19.0 Å². The number of carbonyl (C=O) groups excluding carboxylic acids is 4. The highest BCUT2D eigenvalue weighted by molar-refractivity contribution is 6.38. The summed E-state index contributed by atoms with van der Waals surface area (Å²) in [7, 11) is 0. The molecular formula is C27H43N3O4. The number of carbonyl (C=O) groups is 4. The Labute approximate surface area is 204 Å². The summed E-state index contributed by atoms with van der Waals surface area (Å²) in [5.74, 6) is -0.944. The van der Waals surface area contributed by atoms with Crippen molar-refractivity contribution in [2.45, 2.75) is 116 Å². The topological polar surface area (TPSA) is 95.6 Å². The molecule has 4 rings (SSSR count). The van der Waals surface area contributed by atoms with Crippen LogP contribution in [0.5, 0.6) is 0 Å². The standard InChI is InChI=1S/C27H43N3O4/c1-5-6-10-19(23(32)25(34)28-17-11-12-17)29-24(33)22-21-18(26(21,2)3)16-30(22)20(31)15-27(4)13-8-7-9-14-27/h17-19,21-22H,5-16H2,1-4H3,(H,28,34)(H,29,33). The second-order valence-corrected chi connectivity index (χ2v) is 12.3. The van der Waals surface area contributed by atoms with Gasteiger partial charge < -0.3 is 15.5 Å². The molecule has 4 atom stereocenters. The van der Waals surface area contributed by atoms with E-state index in [2.05, 4.69) is 31.4 Å². The van der Waals surface area contributed by atoms with Crippen molar-refractivity contribution in [2.75, 3.05) is 6.54 Å². The number of rotatable bonds is 10. The van der Waals surface area contributed by atoms with E-state index in [1.807, 2.05) is 6.92 Å². The van der Waals surface area contributed by atoms with E-state index in [-0.39, 0.29) is 34.6 Å². The van der Waals surface area contributed by atoms with Crippen LogP contribution in [0.2, 0.25) is 0 Å². The Morgan fingerprint density at radius 3 is 2.32 bits per heavy atom. The summed E-state index contributed by atoms with van der Waals surface area (Å²) in [5.41, 5.74) is 0.0268. The molecular weight excluding hydrogens is 430 g/mol. The van der Waals surface area contributed by atoms with Gasteiger partial charge in [-0.2, -0.15) is 0 Å². The lowest BCUT2D eigenvalue weighted by molar-refractivity contribution is -0.144. The fourth-order valence-electron chi connectivity index (χ4n) is 6.47. The van der Waals surface area contributed by atoms with Crippen LogP contribution in [0.15, 0.2) is 0 Å². The van der Waals surface area contributed by atoms with Gasteiger partial charge in [-0.3, -0.25) is 19.2 Å². The third-order valence-corrected chi connectivity index (χ3v) is 9.05. The summed E-state index contributed by atoms with van der Waals surface area (Å²) in [5, 5.41) is 5.67. The number of amides is 3. The van der Waals surface area contributed by atoms with Gasteiger partial charge in [0.25, 0.3) is 5.91 Å². The normalized spacial score (nSPS) is 29.6. The molecule has 1 aliphatic heterocycles. The molecule has 0 aromatic rings. The predicted octanol–water partition coefficient (Wildman–Crippen LogP) is 3.35. The van der Waals surface area contributed by atoms with Crippen LogP contribution < -0.4 is 10.6 Å². The maximum atomic E-state index is 13.6. The predicted molar refractivity (Wildman–Crippen MR) is 130 cm³/mol. The van der Waals surface area contributed by atoms with Gasteiger partial charge in [0.1, 0.15) is 6.04 Å². The first-order chi connectivity index (χ1) is 16.1. The summed E-state index contributed by atoms with van der Waals surface area (Å²) >= 11 is 0. The van der Waals surface area contributed by atoms with E-state index in [4.69, 9.17) is 0 Å². The number of nitrogens with one attached hydrogen (secondary N) is 2. The number of hydrogen-bond donors (Lipinski definition) is 2. The van der Waals surface area contributed by atoms with Crippen molar-refractivity contribution in [3.05, 3.63) is 0 Å². The van der Waals surface area contributed by atoms with Crippen LogP contribution in [0.25, 0.3) is 0 Å². The van der Waals surface area contributed by atoms with Gasteiger partial charge >= 0.3 is 0 Å². The van der Waals surface area contributed by atoms with Gasteiger partial charge in [0.2, 0.25) is 17.6 Å². The van der Waals surface area contributed by atoms with E-state index < -0.39 is 23.8 Å². The lowest BCUT2D eigenvalue weighted by Gasteiger charge is -2.37. The fourth-order valence-corrected chi connectivity index (χ4v) is 6.47. The summed E-state index contributed by atoms with van der Waals surface area (Å²) in [6.45, 7) is 9.16. The van der Waals surface area contributed by atoms with E-state index in [0.717, 1.165) is 51.4 Å². The van der Waals surface area contributed by atoms with E-state index in [1.165, 1.54) is 6.42 Å². The Balaban J connectivity index is 1.46. The molecule has 3 saturated carbocycles. The van der Waals surface area contributed by atoms with Crippen LogP contribution in [-0.2, 0) is 19.2 Å². The second-order valence-electron chi connectivity index (χ2n) is 12.3. The van der Waals surface area contributed by atoms with Gasteiger partial charge in [0.05, 0.1) is 6.04 Å². The molecule has 2 N–H and O–H groups in total. The Morgan fingerprint density at radius 1 is 1.03 bits per heavy atom. The van der Waals surface area contributed by atoms with Crippen molar-refractivity contribution in [1.82, 2.24) is 15.5 Å². The Morgan fingerprint density at radius 2 is 1.71 bits per heavy atom. The van der Waals surface area contributed by atoms with Crippen LogP contribution in [0.1, 0.15) is 98.3 Å². The molecule has 0 bridgehead atoms. The van der Waals surface area contributed by atoms with Gasteiger partial charge in [-0.05, 0) is 54.8 Å². The molecule has 34 heavy (non-hydrogen) atoms. The number of hydrogen-bond acceptors (Lipinski definition) is 4. The maximum Gasteiger partial charge on any atom is 0.289 e. The number of unbranched alkanes of at least 4 members (excludes halogenated alkanes) is 1. The lowest BCUT2D eigenvalue weighted by atomic mass is 9.73. The average molecular weight is 474 g/mol. The van der Waals surface area contributed by atoms with Crippen molar-refractivity contribution in [3.8, 4) is 0 Å². The van der Waals surface area contributed by atoms with Crippen molar-refractivity contribution >= 4 is 23.5 Å². The molecule has 0 aromatic heterocycles. The fraction of sp³-hybridized carbons (Fsp3) is 0.852. The van der Waals surface area contributed by atoms with Crippen LogP contribution in [0, 0.1) is 22.7 Å². The minimum Gasteiger partial charge on any atom is -0.347 e. The molecule has 4 fully saturated rings. The number of likely N-dealkylation sites (tertiary alicyclic amines) is 1. The molecule has 7 heteroatoms. The van der Waals surface area contributed by atoms with Crippen LogP contribution in [0.4, 0.5) is 0 Å². The van der Waals surface area contributed by atoms with Gasteiger partial charge in [-0.1, -0.05) is 59.8 Å². The minimum atomic E-state index is -0.833. The van der Waals surface area contributed by atoms with Crippen molar-refractivity contribution < 1.29 is 19.2 Å². The smallest absolute Gasteiger partial charge is 0.289 e. The molecule has 0 spiro atoms. The molecule has 1 heterocycles. The van der Waals surface area contributed by atoms with E-state index in [0.29, 0.717) is 25.3 Å². The first-order valence-electron chi connectivity index (χ1n) is 13.5. The average Bonchev–Trinajstić information content (AvgIpc) is 3.63. The van der Waals surface area contributed by atoms with Crippen molar-refractivity contribution in [1.29, 1.82) is 0 Å². The number of nitrogens with zero attached hydrogens (tertiary/aromatic N) is 1. The molecule has 0 radical (unpaired) electrons. The van der Waals surface area contributed by atoms with Crippen molar-refractivity contribution in [3.63, 3.8) is 0 Å². The zero-order valence-corrected chi connectivity index (χ0v) is 21.5. The second kappa shape index (κ2) is 9.62. The SMILES string of the molecule is CCCCC(NC(=O)C1C2C(CN1C(=O)CC1(C)CCCCC1)C2(C)C)C(=O)C(=O)NC1CC1. The number of piperidine rings is 1. The molecule has 7 nitrogen and oxygen atoms in total. The largest absolute Gasteiger partial charge is 0.347 e. The zero-order chi connectivity index (χ0) is 24.7. The third-order valence-electron chi connectivity index (χ3n) is 9.05. The quantitative estimate of drug-likeness (QED) is 0.476. The highest BCUT2D eigenvalue weighted by atomic mass is 16.2. The summed E-state index contributed by atoms with van der Waals surface area (Å²) in [6, 6.07) is -1.29.